The molecular weight excluding hydrogens is 398 g/mol. The summed E-state index contributed by atoms with van der Waals surface area (Å²) in [6.45, 7) is 8.60. The molecule has 0 saturated carbocycles. The van der Waals surface area contributed by atoms with Crippen LogP contribution in [0.2, 0.25) is 0 Å². The molecule has 3 rings (SSSR count). The van der Waals surface area contributed by atoms with E-state index in [0.717, 1.165) is 35.6 Å². The summed E-state index contributed by atoms with van der Waals surface area (Å²) in [6, 6.07) is 13.6. The van der Waals surface area contributed by atoms with Gasteiger partial charge in [-0.25, -0.2) is 4.98 Å². The summed E-state index contributed by atoms with van der Waals surface area (Å²) in [5.74, 6) is 1.33. The van der Waals surface area contributed by atoms with Crippen molar-refractivity contribution in [1.82, 2.24) is 9.38 Å². The number of anilines is 1. The maximum atomic E-state index is 12.3. The van der Waals surface area contributed by atoms with Gasteiger partial charge in [0, 0.05) is 23.7 Å². The highest BCUT2D eigenvalue weighted by molar-refractivity contribution is 5.78. The van der Waals surface area contributed by atoms with Gasteiger partial charge in [-0.1, -0.05) is 63.6 Å². The second-order valence-corrected chi connectivity index (χ2v) is 9.49. The van der Waals surface area contributed by atoms with E-state index in [-0.39, 0.29) is 11.5 Å². The van der Waals surface area contributed by atoms with Gasteiger partial charge in [0.1, 0.15) is 22.9 Å². The second-order valence-electron chi connectivity index (χ2n) is 9.49. The summed E-state index contributed by atoms with van der Waals surface area (Å²) < 4.78 is 7.70. The van der Waals surface area contributed by atoms with E-state index in [1.807, 2.05) is 48.7 Å². The van der Waals surface area contributed by atoms with Gasteiger partial charge in [0.15, 0.2) is 0 Å². The Morgan fingerprint density at radius 2 is 1.75 bits per heavy atom. The summed E-state index contributed by atoms with van der Waals surface area (Å²) in [5, 5.41) is 3.58. The molecule has 2 aromatic heterocycles. The van der Waals surface area contributed by atoms with E-state index < -0.39 is 0 Å². The zero-order valence-electron chi connectivity index (χ0n) is 20.0. The highest BCUT2D eigenvalue weighted by Gasteiger charge is 2.19. The number of fused-ring (bicyclic) bond motifs is 1. The number of nitrogens with zero attached hydrogens (tertiary/aromatic N) is 2. The van der Waals surface area contributed by atoms with Gasteiger partial charge in [0.25, 0.3) is 0 Å². The van der Waals surface area contributed by atoms with Crippen LogP contribution in [-0.2, 0) is 4.79 Å². The monoisotopic (exact) mass is 435 g/mol. The molecule has 1 N–H and O–H groups in total. The Kier molecular flexibility index (Phi) is 8.32. The minimum Gasteiger partial charge on any atom is -0.427 e. The van der Waals surface area contributed by atoms with Crippen LogP contribution in [0.3, 0.4) is 0 Å². The van der Waals surface area contributed by atoms with E-state index in [1.165, 1.54) is 32.1 Å². The molecule has 5 nitrogen and oxygen atoms in total. The summed E-state index contributed by atoms with van der Waals surface area (Å²) in [5.41, 5.74) is 2.51. The molecule has 5 heteroatoms. The van der Waals surface area contributed by atoms with Gasteiger partial charge in [-0.15, -0.1) is 0 Å². The van der Waals surface area contributed by atoms with Crippen molar-refractivity contribution < 1.29 is 9.53 Å². The fourth-order valence-electron chi connectivity index (χ4n) is 3.79. The van der Waals surface area contributed by atoms with E-state index in [4.69, 9.17) is 9.72 Å². The number of benzene rings is 1. The lowest BCUT2D eigenvalue weighted by Crippen LogP contribution is -2.27. The van der Waals surface area contributed by atoms with Gasteiger partial charge in [0.05, 0.1) is 0 Å². The van der Waals surface area contributed by atoms with Gasteiger partial charge < -0.3 is 10.1 Å². The molecule has 2 heterocycles. The first-order valence-corrected chi connectivity index (χ1v) is 11.9. The number of esters is 1. The molecule has 0 radical (unpaired) electrons. The van der Waals surface area contributed by atoms with Crippen LogP contribution >= 0.6 is 0 Å². The zero-order chi connectivity index (χ0) is 23.0. The Balaban J connectivity index is 1.68. The normalized spacial score (nSPS) is 11.6. The van der Waals surface area contributed by atoms with E-state index in [2.05, 4.69) is 37.4 Å². The predicted octanol–water partition coefficient (Wildman–Crippen LogP) is 7.26. The number of pyridine rings is 1. The molecule has 172 valence electrons. The Hall–Kier alpha value is -2.82. The lowest BCUT2D eigenvalue weighted by atomic mass is 10.1. The Bertz CT molecular complexity index is 1020. The summed E-state index contributed by atoms with van der Waals surface area (Å²) in [4.78, 5) is 17.2. The first kappa shape index (κ1) is 23.8. The SMILES string of the molecule is CCCCCCCCCC(=O)Oc1cccc(-c2nc3ccccn3c2NC(C)(C)C)c1. The minimum atomic E-state index is -0.168. The number of aromatic nitrogens is 2. The number of carbonyl (C=O) groups is 1. The van der Waals surface area contributed by atoms with Crippen molar-refractivity contribution in [3.05, 3.63) is 48.7 Å². The van der Waals surface area contributed by atoms with Crippen LogP contribution in [0.5, 0.6) is 5.75 Å². The standard InChI is InChI=1S/C27H37N3O2/c1-5-6-7-8-9-10-11-18-24(31)32-22-16-14-15-21(20-22)25-26(29-27(2,3)4)30-19-13-12-17-23(30)28-25/h12-17,19-20,29H,5-11,18H2,1-4H3. The molecule has 0 aliphatic carbocycles. The Morgan fingerprint density at radius 1 is 1.00 bits per heavy atom. The number of rotatable bonds is 11. The molecular formula is C27H37N3O2. The Morgan fingerprint density at radius 3 is 2.50 bits per heavy atom. The van der Waals surface area contributed by atoms with Crippen molar-refractivity contribution in [2.75, 3.05) is 5.32 Å². The average molecular weight is 436 g/mol. The number of nitrogens with one attached hydrogen (secondary N) is 1. The molecule has 0 bridgehead atoms. The van der Waals surface area contributed by atoms with Crippen LogP contribution in [0, 0.1) is 0 Å². The van der Waals surface area contributed by atoms with Gasteiger partial charge in [-0.05, 0) is 51.5 Å². The lowest BCUT2D eigenvalue weighted by molar-refractivity contribution is -0.134. The molecule has 0 aliphatic rings. The maximum Gasteiger partial charge on any atom is 0.311 e. The first-order valence-electron chi connectivity index (χ1n) is 11.9. The van der Waals surface area contributed by atoms with Crippen LogP contribution in [0.4, 0.5) is 5.82 Å². The van der Waals surface area contributed by atoms with Gasteiger partial charge in [-0.3, -0.25) is 9.20 Å². The van der Waals surface area contributed by atoms with Crippen molar-refractivity contribution in [3.63, 3.8) is 0 Å². The van der Waals surface area contributed by atoms with Crippen LogP contribution in [0.1, 0.15) is 79.1 Å². The number of hydrogen-bond donors (Lipinski definition) is 1. The number of imidazole rings is 1. The highest BCUT2D eigenvalue weighted by atomic mass is 16.5. The third-order valence-electron chi connectivity index (χ3n) is 5.35. The third kappa shape index (κ3) is 6.84. The van der Waals surface area contributed by atoms with Gasteiger partial charge in [0.2, 0.25) is 0 Å². The molecule has 0 spiro atoms. The van der Waals surface area contributed by atoms with E-state index in [1.54, 1.807) is 0 Å². The highest BCUT2D eigenvalue weighted by Crippen LogP contribution is 2.32. The largest absolute Gasteiger partial charge is 0.427 e. The molecule has 0 aliphatic heterocycles. The fourth-order valence-corrected chi connectivity index (χ4v) is 3.79. The quantitative estimate of drug-likeness (QED) is 0.196. The van der Waals surface area contributed by atoms with Crippen molar-refractivity contribution in [2.24, 2.45) is 0 Å². The predicted molar refractivity (Wildman–Crippen MR) is 132 cm³/mol. The maximum absolute atomic E-state index is 12.3. The van der Waals surface area contributed by atoms with Crippen LogP contribution in [-0.4, -0.2) is 20.9 Å². The van der Waals surface area contributed by atoms with E-state index in [9.17, 15) is 4.79 Å². The van der Waals surface area contributed by atoms with Gasteiger partial charge >= 0.3 is 5.97 Å². The van der Waals surface area contributed by atoms with E-state index in [0.29, 0.717) is 12.2 Å². The number of carbonyl (C=O) groups excluding carboxylic acids is 1. The topological polar surface area (TPSA) is 55.6 Å². The molecule has 1 aromatic carbocycles. The summed E-state index contributed by atoms with van der Waals surface area (Å²) >= 11 is 0. The number of hydrogen-bond acceptors (Lipinski definition) is 4. The van der Waals surface area contributed by atoms with Crippen LogP contribution in [0.25, 0.3) is 16.9 Å². The molecule has 0 unspecified atom stereocenters. The zero-order valence-corrected chi connectivity index (χ0v) is 20.0. The summed E-state index contributed by atoms with van der Waals surface area (Å²) in [7, 11) is 0. The smallest absolute Gasteiger partial charge is 0.311 e. The summed E-state index contributed by atoms with van der Waals surface area (Å²) in [6.07, 6.45) is 10.7. The van der Waals surface area contributed by atoms with Crippen LogP contribution < -0.4 is 10.1 Å². The van der Waals surface area contributed by atoms with Crippen molar-refractivity contribution in [1.29, 1.82) is 0 Å². The third-order valence-corrected chi connectivity index (χ3v) is 5.35. The Labute approximate surface area is 192 Å². The number of ether oxygens (including phenoxy) is 1. The fraction of sp³-hybridized carbons (Fsp3) is 0.481. The first-order chi connectivity index (χ1) is 15.4. The van der Waals surface area contributed by atoms with Gasteiger partial charge in [-0.2, -0.15) is 0 Å². The van der Waals surface area contributed by atoms with Crippen LogP contribution in [0.15, 0.2) is 48.7 Å². The van der Waals surface area contributed by atoms with Crippen molar-refractivity contribution >= 4 is 17.4 Å². The molecule has 32 heavy (non-hydrogen) atoms. The average Bonchev–Trinajstić information content (AvgIpc) is 3.10. The molecule has 3 aromatic rings. The molecule has 0 saturated heterocycles. The minimum absolute atomic E-state index is 0.124. The van der Waals surface area contributed by atoms with Crippen molar-refractivity contribution in [3.8, 4) is 17.0 Å². The molecule has 0 fully saturated rings. The van der Waals surface area contributed by atoms with Crippen molar-refractivity contribution in [2.45, 2.75) is 84.6 Å². The molecule has 0 amide bonds. The van der Waals surface area contributed by atoms with E-state index >= 15 is 0 Å². The second kappa shape index (κ2) is 11.2. The number of unbranched alkanes of at least 4 members (excludes halogenated alkanes) is 6. The molecule has 0 atom stereocenters. The lowest BCUT2D eigenvalue weighted by Gasteiger charge is -2.22.